The van der Waals surface area contributed by atoms with E-state index in [4.69, 9.17) is 17.3 Å². The maximum absolute atomic E-state index is 6.01. The van der Waals surface area contributed by atoms with Crippen molar-refractivity contribution in [3.63, 3.8) is 0 Å². The Balaban J connectivity index is 2.31. The molecular weight excluding hydrogens is 242 g/mol. The van der Waals surface area contributed by atoms with Gasteiger partial charge in [-0.25, -0.2) is 0 Å². The van der Waals surface area contributed by atoms with Crippen LogP contribution in [0.4, 0.5) is 5.69 Å². The second kappa shape index (κ2) is 5.45. The minimum atomic E-state index is 0.673. The summed E-state index contributed by atoms with van der Waals surface area (Å²) in [4.78, 5) is 0. The van der Waals surface area contributed by atoms with Gasteiger partial charge in [0.15, 0.2) is 0 Å². The molecule has 94 valence electrons. The van der Waals surface area contributed by atoms with Gasteiger partial charge in [-0.05, 0) is 41.7 Å². The molecule has 0 saturated carbocycles. The van der Waals surface area contributed by atoms with Crippen molar-refractivity contribution in [2.75, 3.05) is 5.73 Å². The number of halogens is 1. The summed E-state index contributed by atoms with van der Waals surface area (Å²) in [7, 11) is 0. The van der Waals surface area contributed by atoms with Crippen molar-refractivity contribution >= 4 is 17.3 Å². The Hall–Kier alpha value is -1.47. The summed E-state index contributed by atoms with van der Waals surface area (Å²) in [5.74, 6) is 0.673. The average molecular weight is 260 g/mol. The quantitative estimate of drug-likeness (QED) is 0.788. The van der Waals surface area contributed by atoms with E-state index >= 15 is 0 Å². The van der Waals surface area contributed by atoms with Crippen molar-refractivity contribution in [3.05, 3.63) is 53.1 Å². The molecule has 0 aliphatic carbocycles. The lowest BCUT2D eigenvalue weighted by atomic mass is 9.98. The fourth-order valence-corrected chi connectivity index (χ4v) is 2.24. The number of nitrogens with two attached hydrogens (primary N) is 1. The molecule has 0 bridgehead atoms. The van der Waals surface area contributed by atoms with Gasteiger partial charge in [-0.2, -0.15) is 0 Å². The standard InChI is InChI=1S/C16H18ClN/c1-11(2)9-12-3-5-13(6-4-12)15-10-14(17)7-8-16(15)18/h3-8,10-11H,9,18H2,1-2H3. The monoisotopic (exact) mass is 259 g/mol. The molecule has 0 fully saturated rings. The third kappa shape index (κ3) is 3.05. The van der Waals surface area contributed by atoms with Gasteiger partial charge in [0, 0.05) is 16.3 Å². The van der Waals surface area contributed by atoms with Crippen LogP contribution in [-0.4, -0.2) is 0 Å². The molecule has 0 atom stereocenters. The minimum absolute atomic E-state index is 0.673. The molecule has 0 unspecified atom stereocenters. The van der Waals surface area contributed by atoms with Crippen LogP contribution in [0.2, 0.25) is 5.02 Å². The predicted molar refractivity (Wildman–Crippen MR) is 79.8 cm³/mol. The Kier molecular flexibility index (Phi) is 3.93. The van der Waals surface area contributed by atoms with E-state index < -0.39 is 0 Å². The second-order valence-corrected chi connectivity index (χ2v) is 5.46. The van der Waals surface area contributed by atoms with E-state index in [2.05, 4.69) is 38.1 Å². The van der Waals surface area contributed by atoms with Gasteiger partial charge in [0.2, 0.25) is 0 Å². The Morgan fingerprint density at radius 2 is 1.72 bits per heavy atom. The summed E-state index contributed by atoms with van der Waals surface area (Å²) in [5.41, 5.74) is 10.2. The van der Waals surface area contributed by atoms with Crippen molar-refractivity contribution < 1.29 is 0 Å². The molecule has 18 heavy (non-hydrogen) atoms. The average Bonchev–Trinajstić information content (AvgIpc) is 2.33. The van der Waals surface area contributed by atoms with E-state index in [9.17, 15) is 0 Å². The topological polar surface area (TPSA) is 26.0 Å². The lowest BCUT2D eigenvalue weighted by Gasteiger charge is -2.09. The maximum Gasteiger partial charge on any atom is 0.0413 e. The molecule has 2 rings (SSSR count). The van der Waals surface area contributed by atoms with Crippen molar-refractivity contribution in [1.29, 1.82) is 0 Å². The molecule has 0 amide bonds. The van der Waals surface area contributed by atoms with Gasteiger partial charge < -0.3 is 5.73 Å². The van der Waals surface area contributed by atoms with E-state index in [1.807, 2.05) is 18.2 Å². The first-order valence-corrected chi connectivity index (χ1v) is 6.58. The minimum Gasteiger partial charge on any atom is -0.398 e. The van der Waals surface area contributed by atoms with E-state index in [1.54, 1.807) is 0 Å². The molecule has 0 aromatic heterocycles. The Bertz CT molecular complexity index is 529. The molecule has 0 heterocycles. The number of benzene rings is 2. The third-order valence-electron chi connectivity index (χ3n) is 2.92. The van der Waals surface area contributed by atoms with Crippen LogP contribution in [-0.2, 0) is 6.42 Å². The second-order valence-electron chi connectivity index (χ2n) is 5.03. The summed E-state index contributed by atoms with van der Waals surface area (Å²) >= 11 is 6.01. The van der Waals surface area contributed by atoms with Gasteiger partial charge >= 0.3 is 0 Å². The van der Waals surface area contributed by atoms with Crippen molar-refractivity contribution in [1.82, 2.24) is 0 Å². The lowest BCUT2D eigenvalue weighted by molar-refractivity contribution is 0.647. The highest BCUT2D eigenvalue weighted by Crippen LogP contribution is 2.29. The Morgan fingerprint density at radius 1 is 1.06 bits per heavy atom. The van der Waals surface area contributed by atoms with Crippen molar-refractivity contribution in [3.8, 4) is 11.1 Å². The van der Waals surface area contributed by atoms with Crippen LogP contribution in [0.1, 0.15) is 19.4 Å². The SMILES string of the molecule is CC(C)Cc1ccc(-c2cc(Cl)ccc2N)cc1. The summed E-state index contributed by atoms with van der Waals surface area (Å²) in [6.07, 6.45) is 1.10. The first-order valence-electron chi connectivity index (χ1n) is 6.20. The van der Waals surface area contributed by atoms with Gasteiger partial charge in [0.1, 0.15) is 0 Å². The molecule has 2 N–H and O–H groups in total. The number of hydrogen-bond donors (Lipinski definition) is 1. The van der Waals surface area contributed by atoms with Crippen LogP contribution in [0.25, 0.3) is 11.1 Å². The molecule has 0 aliphatic rings. The first kappa shape index (κ1) is 13.0. The lowest BCUT2D eigenvalue weighted by Crippen LogP contribution is -1.94. The fraction of sp³-hybridized carbons (Fsp3) is 0.250. The fourth-order valence-electron chi connectivity index (χ4n) is 2.07. The molecule has 0 radical (unpaired) electrons. The van der Waals surface area contributed by atoms with Crippen molar-refractivity contribution in [2.45, 2.75) is 20.3 Å². The highest BCUT2D eigenvalue weighted by atomic mass is 35.5. The zero-order chi connectivity index (χ0) is 13.1. The van der Waals surface area contributed by atoms with Gasteiger partial charge in [-0.15, -0.1) is 0 Å². The smallest absolute Gasteiger partial charge is 0.0413 e. The maximum atomic E-state index is 6.01. The van der Waals surface area contributed by atoms with E-state index in [-0.39, 0.29) is 0 Å². The summed E-state index contributed by atoms with van der Waals surface area (Å²) in [5, 5.41) is 0.713. The molecule has 2 aromatic rings. The van der Waals surface area contributed by atoms with E-state index in [1.165, 1.54) is 5.56 Å². The zero-order valence-electron chi connectivity index (χ0n) is 10.8. The van der Waals surface area contributed by atoms with Crippen LogP contribution in [0.15, 0.2) is 42.5 Å². The van der Waals surface area contributed by atoms with E-state index in [0.717, 1.165) is 23.2 Å². The normalized spacial score (nSPS) is 10.9. The van der Waals surface area contributed by atoms with Crippen molar-refractivity contribution in [2.24, 2.45) is 5.92 Å². The van der Waals surface area contributed by atoms with Gasteiger partial charge in [-0.1, -0.05) is 49.7 Å². The summed E-state index contributed by atoms with van der Waals surface area (Å²) in [6.45, 7) is 4.45. The molecule has 2 heteroatoms. The number of nitrogen functional groups attached to an aromatic ring is 1. The summed E-state index contributed by atoms with van der Waals surface area (Å²) in [6, 6.07) is 14.1. The van der Waals surface area contributed by atoms with Gasteiger partial charge in [0.25, 0.3) is 0 Å². The molecule has 2 aromatic carbocycles. The molecule has 0 spiro atoms. The van der Waals surface area contributed by atoms with Gasteiger partial charge in [-0.3, -0.25) is 0 Å². The molecular formula is C16H18ClN. The third-order valence-corrected chi connectivity index (χ3v) is 3.16. The molecule has 0 aliphatic heterocycles. The van der Waals surface area contributed by atoms with E-state index in [0.29, 0.717) is 10.9 Å². The number of hydrogen-bond acceptors (Lipinski definition) is 1. The Labute approximate surface area is 114 Å². The van der Waals surface area contributed by atoms with Crippen LogP contribution in [0.3, 0.4) is 0 Å². The van der Waals surface area contributed by atoms with Gasteiger partial charge in [0.05, 0.1) is 0 Å². The van der Waals surface area contributed by atoms with Crippen LogP contribution < -0.4 is 5.73 Å². The zero-order valence-corrected chi connectivity index (χ0v) is 11.5. The number of rotatable bonds is 3. The highest BCUT2D eigenvalue weighted by molar-refractivity contribution is 6.31. The van der Waals surface area contributed by atoms with Crippen LogP contribution >= 0.6 is 11.6 Å². The molecule has 0 saturated heterocycles. The number of anilines is 1. The predicted octanol–water partition coefficient (Wildman–Crippen LogP) is 4.79. The molecule has 1 nitrogen and oxygen atoms in total. The largest absolute Gasteiger partial charge is 0.398 e. The highest BCUT2D eigenvalue weighted by Gasteiger charge is 2.04. The summed E-state index contributed by atoms with van der Waals surface area (Å²) < 4.78 is 0. The first-order chi connectivity index (χ1) is 8.56. The van der Waals surface area contributed by atoms with Crippen LogP contribution in [0.5, 0.6) is 0 Å². The Morgan fingerprint density at radius 3 is 2.33 bits per heavy atom. The van der Waals surface area contributed by atoms with Crippen LogP contribution in [0, 0.1) is 5.92 Å².